The molecule has 2 aliphatic carbocycles. The van der Waals surface area contributed by atoms with Crippen LogP contribution < -0.4 is 9.88 Å². The van der Waals surface area contributed by atoms with Crippen molar-refractivity contribution in [2.24, 2.45) is 0 Å². The Hall–Kier alpha value is -4.45. The number of hydrogen-bond donors (Lipinski definition) is 1. The summed E-state index contributed by atoms with van der Waals surface area (Å²) < 4.78 is 13.0. The normalized spacial score (nSPS) is 13.9. The minimum Gasteiger partial charge on any atom is -0.467 e. The van der Waals surface area contributed by atoms with Gasteiger partial charge in [0.1, 0.15) is 18.2 Å². The quantitative estimate of drug-likeness (QED) is 0.129. The number of ether oxygens (including phenoxy) is 2. The minimum atomic E-state index is -0.764. The second-order valence-electron chi connectivity index (χ2n) is 13.1. The van der Waals surface area contributed by atoms with E-state index in [0.29, 0.717) is 6.42 Å². The molecule has 4 aromatic rings. The molecular formula is C39H43N2O4+. The van der Waals surface area contributed by atoms with Gasteiger partial charge in [0.05, 0.1) is 7.11 Å². The van der Waals surface area contributed by atoms with E-state index >= 15 is 0 Å². The van der Waals surface area contributed by atoms with E-state index in [2.05, 4.69) is 88.7 Å². The number of amides is 1. The molecule has 1 heterocycles. The summed E-state index contributed by atoms with van der Waals surface area (Å²) in [5, 5.41) is 2.73. The van der Waals surface area contributed by atoms with E-state index in [1.54, 1.807) is 20.8 Å². The molecule has 0 spiro atoms. The zero-order valence-electron chi connectivity index (χ0n) is 26.8. The van der Waals surface area contributed by atoms with Crippen LogP contribution in [0.2, 0.25) is 0 Å². The number of pyridine rings is 1. The average molecular weight is 604 g/mol. The van der Waals surface area contributed by atoms with E-state index in [1.807, 2.05) is 0 Å². The number of benzene rings is 3. The zero-order chi connectivity index (χ0) is 31.6. The summed E-state index contributed by atoms with van der Waals surface area (Å²) in [5.41, 5.74) is 12.9. The Labute approximate surface area is 266 Å². The maximum Gasteiger partial charge on any atom is 0.408 e. The first-order valence-corrected chi connectivity index (χ1v) is 16.2. The number of nitrogens with one attached hydrogen (secondary N) is 1. The van der Waals surface area contributed by atoms with Gasteiger partial charge in [-0.1, -0.05) is 66.7 Å². The van der Waals surface area contributed by atoms with Crippen molar-refractivity contribution in [1.29, 1.82) is 0 Å². The van der Waals surface area contributed by atoms with Crippen LogP contribution >= 0.6 is 0 Å². The third-order valence-corrected chi connectivity index (χ3v) is 8.91. The second kappa shape index (κ2) is 12.9. The number of aryl methyl sites for hydroxylation is 2. The van der Waals surface area contributed by atoms with Crippen LogP contribution in [0.3, 0.4) is 0 Å². The van der Waals surface area contributed by atoms with Gasteiger partial charge in [0.2, 0.25) is 11.4 Å². The lowest BCUT2D eigenvalue weighted by Gasteiger charge is -2.28. The van der Waals surface area contributed by atoms with Crippen LogP contribution in [-0.2, 0) is 46.5 Å². The van der Waals surface area contributed by atoms with Gasteiger partial charge in [-0.05, 0) is 88.1 Å². The van der Waals surface area contributed by atoms with E-state index in [0.717, 1.165) is 45.1 Å². The number of alkyl carbamates (subject to hydrolysis) is 1. The summed E-state index contributed by atoms with van der Waals surface area (Å²) in [4.78, 5) is 25.1. The first-order valence-electron chi connectivity index (χ1n) is 16.2. The predicted molar refractivity (Wildman–Crippen MR) is 177 cm³/mol. The van der Waals surface area contributed by atoms with Crippen LogP contribution in [0.5, 0.6) is 0 Å². The van der Waals surface area contributed by atoms with Gasteiger partial charge in [-0.2, -0.15) is 4.57 Å². The molecular weight excluding hydrogens is 560 g/mol. The topological polar surface area (TPSA) is 68.5 Å². The van der Waals surface area contributed by atoms with Crippen LogP contribution in [0.15, 0.2) is 78.9 Å². The lowest BCUT2D eigenvalue weighted by atomic mass is 9.77. The number of nitrogens with zero attached hydrogens (tertiary/aromatic N) is 1. The van der Waals surface area contributed by atoms with Crippen molar-refractivity contribution < 1.29 is 23.6 Å². The standard InChI is InChI=1S/C39H42N2O4/c1-39(2,3)45-38(43)40-33(37(42)44-4)20-12-13-25-41-35-29-18-10-8-14-26(29)21-23-31(35)34(28-16-6-5-7-17-28)32-24-22-27-15-9-11-19-30(27)36(32)41/h5-11,14-19,33H,12-13,20-25H2,1-4H3/p+1/t33-/m0/s1. The van der Waals surface area contributed by atoms with Gasteiger partial charge in [-0.3, -0.25) is 0 Å². The molecule has 0 saturated heterocycles. The summed E-state index contributed by atoms with van der Waals surface area (Å²) in [6.07, 6.45) is 5.46. The molecule has 0 aliphatic heterocycles. The molecule has 6 heteroatoms. The van der Waals surface area contributed by atoms with Crippen LogP contribution in [0.25, 0.3) is 33.6 Å². The maximum atomic E-state index is 12.6. The fourth-order valence-electron chi connectivity index (χ4n) is 7.05. The van der Waals surface area contributed by atoms with Crippen LogP contribution in [0.4, 0.5) is 4.79 Å². The number of hydrogen-bond acceptors (Lipinski definition) is 4. The molecule has 0 radical (unpaired) electrons. The van der Waals surface area contributed by atoms with Crippen molar-refractivity contribution in [2.75, 3.05) is 7.11 Å². The fourth-order valence-corrected chi connectivity index (χ4v) is 7.05. The van der Waals surface area contributed by atoms with Gasteiger partial charge in [0, 0.05) is 34.2 Å². The Morgan fingerprint density at radius 2 is 1.33 bits per heavy atom. The number of unbranched alkanes of at least 4 members (excludes halogenated alkanes) is 1. The van der Waals surface area contributed by atoms with E-state index in [9.17, 15) is 9.59 Å². The Morgan fingerprint density at radius 1 is 0.778 bits per heavy atom. The highest BCUT2D eigenvalue weighted by atomic mass is 16.6. The highest BCUT2D eigenvalue weighted by molar-refractivity contribution is 5.85. The highest BCUT2D eigenvalue weighted by Crippen LogP contribution is 2.44. The van der Waals surface area contributed by atoms with E-state index in [1.165, 1.54) is 63.0 Å². The third-order valence-electron chi connectivity index (χ3n) is 8.91. The number of fused-ring (bicyclic) bond motifs is 6. The summed E-state index contributed by atoms with van der Waals surface area (Å²) in [5.74, 6) is -0.460. The molecule has 6 rings (SSSR count). The largest absolute Gasteiger partial charge is 0.467 e. The van der Waals surface area contributed by atoms with Crippen molar-refractivity contribution >= 4 is 12.1 Å². The average Bonchev–Trinajstić information content (AvgIpc) is 3.04. The zero-order valence-corrected chi connectivity index (χ0v) is 26.8. The molecule has 0 unspecified atom stereocenters. The first kappa shape index (κ1) is 30.6. The number of methoxy groups -OCH3 is 1. The van der Waals surface area contributed by atoms with E-state index in [-0.39, 0.29) is 0 Å². The minimum absolute atomic E-state index is 0.460. The molecule has 232 valence electrons. The summed E-state index contributed by atoms with van der Waals surface area (Å²) in [6, 6.07) is 27.8. The van der Waals surface area contributed by atoms with Gasteiger partial charge < -0.3 is 14.8 Å². The molecule has 1 aromatic heterocycles. The number of aromatic nitrogens is 1. The lowest BCUT2D eigenvalue weighted by Crippen LogP contribution is -2.45. The Balaban J connectivity index is 1.40. The molecule has 6 nitrogen and oxygen atoms in total. The van der Waals surface area contributed by atoms with Crippen molar-refractivity contribution in [3.8, 4) is 33.6 Å². The first-order chi connectivity index (χ1) is 21.7. The van der Waals surface area contributed by atoms with Crippen molar-refractivity contribution in [3.05, 3.63) is 101 Å². The lowest BCUT2D eigenvalue weighted by molar-refractivity contribution is -0.676. The second-order valence-corrected chi connectivity index (χ2v) is 13.1. The molecule has 0 bridgehead atoms. The van der Waals surface area contributed by atoms with Gasteiger partial charge in [0.15, 0.2) is 0 Å². The van der Waals surface area contributed by atoms with Crippen LogP contribution in [-0.4, -0.2) is 30.8 Å². The van der Waals surface area contributed by atoms with Gasteiger partial charge in [-0.15, -0.1) is 0 Å². The molecule has 1 atom stereocenters. The van der Waals surface area contributed by atoms with Crippen molar-refractivity contribution in [1.82, 2.24) is 5.32 Å². The summed E-state index contributed by atoms with van der Waals surface area (Å²) in [7, 11) is 1.35. The number of carbonyl (C=O) groups is 2. The van der Waals surface area contributed by atoms with Gasteiger partial charge in [0.25, 0.3) is 0 Å². The molecule has 1 N–H and O–H groups in total. The van der Waals surface area contributed by atoms with E-state index in [4.69, 9.17) is 9.47 Å². The van der Waals surface area contributed by atoms with Crippen LogP contribution in [0.1, 0.15) is 62.3 Å². The monoisotopic (exact) mass is 603 g/mol. The van der Waals surface area contributed by atoms with Crippen molar-refractivity contribution in [2.45, 2.75) is 83.9 Å². The molecule has 3 aromatic carbocycles. The van der Waals surface area contributed by atoms with E-state index < -0.39 is 23.7 Å². The number of rotatable bonds is 8. The van der Waals surface area contributed by atoms with Gasteiger partial charge >= 0.3 is 12.1 Å². The Kier molecular flexibility index (Phi) is 8.75. The summed E-state index contributed by atoms with van der Waals surface area (Å²) in [6.45, 7) is 6.20. The van der Waals surface area contributed by atoms with Crippen molar-refractivity contribution in [3.63, 3.8) is 0 Å². The SMILES string of the molecule is COC(=O)[C@H](CCCC[n+]1c2c(c(-c3ccccc3)c3c1-c1ccccc1CC3)CCc1ccccc1-2)NC(=O)OC(C)(C)C. The maximum absolute atomic E-state index is 12.6. The molecule has 1 amide bonds. The van der Waals surface area contributed by atoms with Crippen LogP contribution in [0, 0.1) is 0 Å². The smallest absolute Gasteiger partial charge is 0.408 e. The molecule has 0 fully saturated rings. The highest BCUT2D eigenvalue weighted by Gasteiger charge is 2.37. The fraction of sp³-hybridized carbons (Fsp3) is 0.359. The number of carbonyl (C=O) groups excluding carboxylic acids is 2. The third kappa shape index (κ3) is 6.37. The predicted octanol–water partition coefficient (Wildman–Crippen LogP) is 7.41. The molecule has 0 saturated carbocycles. The Bertz CT molecular complexity index is 1640. The Morgan fingerprint density at radius 3 is 1.89 bits per heavy atom. The van der Waals surface area contributed by atoms with Gasteiger partial charge in [-0.25, -0.2) is 9.59 Å². The summed E-state index contributed by atoms with van der Waals surface area (Å²) >= 11 is 0. The number of esters is 1. The molecule has 2 aliphatic rings. The molecule has 45 heavy (non-hydrogen) atoms.